The van der Waals surface area contributed by atoms with Gasteiger partial charge in [0.05, 0.1) is 25.8 Å². The Morgan fingerprint density at radius 1 is 0.900 bits per heavy atom. The predicted molar refractivity (Wildman–Crippen MR) is 153 cm³/mol. The Kier molecular flexibility index (Phi) is 8.12. The summed E-state index contributed by atoms with van der Waals surface area (Å²) >= 11 is 0. The Hall–Kier alpha value is -4.63. The van der Waals surface area contributed by atoms with Crippen molar-refractivity contribution >= 4 is 29.2 Å². The standard InChI is InChI=1S/C31H32N4O5/c1-40-31(39)27-21-35(19-20-36)30(38)28(27)32-23-11-13-24(14-12-23)33-15-17-34(18-16-33)29(37)26-10-6-5-9-25(26)22-7-3-2-4-8-22/h2-14,32,36H,15-21H2,1H3. The van der Waals surface area contributed by atoms with Crippen LogP contribution >= 0.6 is 0 Å². The van der Waals surface area contributed by atoms with E-state index in [0.29, 0.717) is 37.4 Å². The van der Waals surface area contributed by atoms with Gasteiger partial charge in [0.25, 0.3) is 11.8 Å². The summed E-state index contributed by atoms with van der Waals surface area (Å²) in [5.41, 5.74) is 4.72. The minimum absolute atomic E-state index is 0.0322. The van der Waals surface area contributed by atoms with Crippen LogP contribution in [0.4, 0.5) is 11.4 Å². The number of amides is 2. The number of piperazine rings is 1. The van der Waals surface area contributed by atoms with Crippen molar-refractivity contribution < 1.29 is 24.2 Å². The highest BCUT2D eigenvalue weighted by atomic mass is 16.5. The highest BCUT2D eigenvalue weighted by molar-refractivity contribution is 6.08. The normalized spacial score (nSPS) is 15.4. The zero-order chi connectivity index (χ0) is 28.1. The number of carbonyl (C=O) groups excluding carboxylic acids is 3. The third kappa shape index (κ3) is 5.55. The monoisotopic (exact) mass is 540 g/mol. The van der Waals surface area contributed by atoms with Crippen molar-refractivity contribution in [3.05, 3.63) is 95.7 Å². The molecule has 0 unspecified atom stereocenters. The van der Waals surface area contributed by atoms with Crippen molar-refractivity contribution in [2.45, 2.75) is 0 Å². The lowest BCUT2D eigenvalue weighted by Crippen LogP contribution is -2.48. The molecule has 5 rings (SSSR count). The molecular weight excluding hydrogens is 508 g/mol. The molecule has 2 aliphatic rings. The van der Waals surface area contributed by atoms with Crippen LogP contribution in [-0.4, -0.2) is 85.7 Å². The maximum absolute atomic E-state index is 13.5. The van der Waals surface area contributed by atoms with Crippen LogP contribution in [0.1, 0.15) is 10.4 Å². The van der Waals surface area contributed by atoms with Crippen LogP contribution in [0.2, 0.25) is 0 Å². The lowest BCUT2D eigenvalue weighted by Gasteiger charge is -2.36. The number of anilines is 2. The summed E-state index contributed by atoms with van der Waals surface area (Å²) in [7, 11) is 1.27. The number of hydrogen-bond acceptors (Lipinski definition) is 7. The number of carbonyl (C=O) groups is 3. The van der Waals surface area contributed by atoms with Gasteiger partial charge in [-0.3, -0.25) is 9.59 Å². The largest absolute Gasteiger partial charge is 0.466 e. The molecule has 0 atom stereocenters. The van der Waals surface area contributed by atoms with Gasteiger partial charge in [0.15, 0.2) is 0 Å². The van der Waals surface area contributed by atoms with Crippen molar-refractivity contribution in [3.63, 3.8) is 0 Å². The van der Waals surface area contributed by atoms with Gasteiger partial charge in [0.2, 0.25) is 0 Å². The van der Waals surface area contributed by atoms with Crippen LogP contribution < -0.4 is 10.2 Å². The van der Waals surface area contributed by atoms with Gasteiger partial charge in [-0.25, -0.2) is 4.79 Å². The van der Waals surface area contributed by atoms with Crippen molar-refractivity contribution in [2.24, 2.45) is 0 Å². The zero-order valence-corrected chi connectivity index (χ0v) is 22.4. The molecule has 40 heavy (non-hydrogen) atoms. The Balaban J connectivity index is 1.23. The Bertz CT molecular complexity index is 1410. The van der Waals surface area contributed by atoms with Gasteiger partial charge in [0.1, 0.15) is 5.70 Å². The number of β-amino-alcohol motifs (C(OH)–C–C–N with tert-alkyl or cyclic N) is 1. The third-order valence-corrected chi connectivity index (χ3v) is 7.26. The second-order valence-electron chi connectivity index (χ2n) is 9.66. The average Bonchev–Trinajstić information content (AvgIpc) is 3.31. The maximum Gasteiger partial charge on any atom is 0.337 e. The van der Waals surface area contributed by atoms with E-state index in [1.807, 2.05) is 83.8 Å². The third-order valence-electron chi connectivity index (χ3n) is 7.26. The molecule has 3 aromatic rings. The molecule has 0 saturated carbocycles. The molecule has 0 bridgehead atoms. The summed E-state index contributed by atoms with van der Waals surface area (Å²) in [6.07, 6.45) is 0. The van der Waals surface area contributed by atoms with Crippen LogP contribution in [0.3, 0.4) is 0 Å². The number of ether oxygens (including phenoxy) is 1. The maximum atomic E-state index is 13.5. The highest BCUT2D eigenvalue weighted by Gasteiger charge is 2.34. The quantitative estimate of drug-likeness (QED) is 0.424. The average molecular weight is 541 g/mol. The first kappa shape index (κ1) is 27.0. The molecule has 9 heteroatoms. The minimum Gasteiger partial charge on any atom is -0.466 e. The number of rotatable bonds is 8. The van der Waals surface area contributed by atoms with Crippen LogP contribution in [0, 0.1) is 0 Å². The van der Waals surface area contributed by atoms with Gasteiger partial charge in [-0.15, -0.1) is 0 Å². The molecule has 0 radical (unpaired) electrons. The summed E-state index contributed by atoms with van der Waals surface area (Å²) in [6.45, 7) is 2.62. The number of nitrogens with one attached hydrogen (secondary N) is 1. The number of methoxy groups -OCH3 is 1. The van der Waals surface area contributed by atoms with Gasteiger partial charge in [0, 0.05) is 49.7 Å². The zero-order valence-electron chi connectivity index (χ0n) is 22.4. The number of aliphatic hydroxyl groups is 1. The fourth-order valence-electron chi connectivity index (χ4n) is 5.13. The molecule has 206 valence electrons. The van der Waals surface area contributed by atoms with Gasteiger partial charge >= 0.3 is 5.97 Å². The summed E-state index contributed by atoms with van der Waals surface area (Å²) < 4.78 is 4.85. The molecule has 2 aliphatic heterocycles. The molecule has 1 saturated heterocycles. The van der Waals surface area contributed by atoms with Crippen molar-refractivity contribution in [2.75, 3.05) is 63.2 Å². The second-order valence-corrected chi connectivity index (χ2v) is 9.66. The SMILES string of the molecule is COC(=O)C1=C(Nc2ccc(N3CCN(C(=O)c4ccccc4-c4ccccc4)CC3)cc2)C(=O)N(CCO)C1. The van der Waals surface area contributed by atoms with Crippen molar-refractivity contribution in [1.82, 2.24) is 9.80 Å². The number of esters is 1. The molecule has 2 N–H and O–H groups in total. The van der Waals surface area contributed by atoms with E-state index < -0.39 is 5.97 Å². The summed E-state index contributed by atoms with van der Waals surface area (Å²) in [6, 6.07) is 25.3. The Morgan fingerprint density at radius 3 is 2.25 bits per heavy atom. The lowest BCUT2D eigenvalue weighted by molar-refractivity contribution is -0.136. The summed E-state index contributed by atoms with van der Waals surface area (Å²) in [5, 5.41) is 12.3. The minimum atomic E-state index is -0.577. The van der Waals surface area contributed by atoms with Crippen LogP contribution in [-0.2, 0) is 14.3 Å². The fraction of sp³-hybridized carbons (Fsp3) is 0.258. The number of benzene rings is 3. The van der Waals surface area contributed by atoms with Crippen LogP contribution in [0.25, 0.3) is 11.1 Å². The first-order chi connectivity index (χ1) is 19.5. The molecule has 9 nitrogen and oxygen atoms in total. The molecule has 1 fully saturated rings. The second kappa shape index (κ2) is 12.0. The summed E-state index contributed by atoms with van der Waals surface area (Å²) in [4.78, 5) is 44.0. The topological polar surface area (TPSA) is 102 Å². The van der Waals surface area contributed by atoms with E-state index in [9.17, 15) is 19.5 Å². The van der Waals surface area contributed by atoms with E-state index in [0.717, 1.165) is 16.8 Å². The molecule has 0 aromatic heterocycles. The molecule has 0 spiro atoms. The Labute approximate surface area is 233 Å². The number of hydrogen-bond donors (Lipinski definition) is 2. The molecule has 3 aromatic carbocycles. The van der Waals surface area contributed by atoms with E-state index in [-0.39, 0.29) is 42.8 Å². The van der Waals surface area contributed by atoms with E-state index in [4.69, 9.17) is 4.74 Å². The van der Waals surface area contributed by atoms with Gasteiger partial charge < -0.3 is 29.9 Å². The highest BCUT2D eigenvalue weighted by Crippen LogP contribution is 2.27. The lowest BCUT2D eigenvalue weighted by atomic mass is 9.98. The van der Waals surface area contributed by atoms with E-state index in [2.05, 4.69) is 10.2 Å². The number of aliphatic hydroxyl groups excluding tert-OH is 1. The molecule has 0 aliphatic carbocycles. The molecular formula is C31H32N4O5. The van der Waals surface area contributed by atoms with E-state index >= 15 is 0 Å². The smallest absolute Gasteiger partial charge is 0.337 e. The van der Waals surface area contributed by atoms with Gasteiger partial charge in [-0.2, -0.15) is 0 Å². The van der Waals surface area contributed by atoms with Crippen LogP contribution in [0.15, 0.2) is 90.1 Å². The summed E-state index contributed by atoms with van der Waals surface area (Å²) in [5.74, 6) is -0.898. The van der Waals surface area contributed by atoms with E-state index in [1.165, 1.54) is 12.0 Å². The van der Waals surface area contributed by atoms with Crippen molar-refractivity contribution in [3.8, 4) is 11.1 Å². The predicted octanol–water partition coefficient (Wildman–Crippen LogP) is 2.99. The number of nitrogens with zero attached hydrogens (tertiary/aromatic N) is 3. The Morgan fingerprint density at radius 2 is 1.57 bits per heavy atom. The van der Waals surface area contributed by atoms with Gasteiger partial charge in [-0.1, -0.05) is 48.5 Å². The molecule has 2 heterocycles. The first-order valence-corrected chi connectivity index (χ1v) is 13.3. The van der Waals surface area contributed by atoms with Crippen molar-refractivity contribution in [1.29, 1.82) is 0 Å². The van der Waals surface area contributed by atoms with Crippen LogP contribution in [0.5, 0.6) is 0 Å². The first-order valence-electron chi connectivity index (χ1n) is 13.3. The van der Waals surface area contributed by atoms with Gasteiger partial charge in [-0.05, 0) is 41.5 Å². The fourth-order valence-corrected chi connectivity index (χ4v) is 5.13. The van der Waals surface area contributed by atoms with E-state index in [1.54, 1.807) is 0 Å². The molecule has 2 amide bonds.